The first-order chi connectivity index (χ1) is 7.18. The molecule has 3 rings (SSSR count). The fraction of sp³-hybridized carbons (Fsp3) is 0.455. The maximum atomic E-state index is 6.23. The van der Waals surface area contributed by atoms with Gasteiger partial charge in [-0.2, -0.15) is 0 Å². The number of rotatable bonds is 2. The van der Waals surface area contributed by atoms with Gasteiger partial charge in [0.05, 0.1) is 5.02 Å². The molecule has 3 nitrogen and oxygen atoms in total. The summed E-state index contributed by atoms with van der Waals surface area (Å²) in [5.74, 6) is 1.39. The van der Waals surface area contributed by atoms with E-state index in [0.29, 0.717) is 10.8 Å². The van der Waals surface area contributed by atoms with Crippen LogP contribution in [-0.4, -0.2) is 12.3 Å². The molecule has 15 heavy (non-hydrogen) atoms. The minimum absolute atomic E-state index is 0.0304. The van der Waals surface area contributed by atoms with Crippen LogP contribution in [0.4, 0.5) is 0 Å². The topological polar surface area (TPSA) is 44.5 Å². The van der Waals surface area contributed by atoms with E-state index in [1.807, 2.05) is 12.1 Å². The van der Waals surface area contributed by atoms with Crippen molar-refractivity contribution in [1.82, 2.24) is 0 Å². The van der Waals surface area contributed by atoms with Crippen LogP contribution >= 0.6 is 11.6 Å². The van der Waals surface area contributed by atoms with E-state index in [4.69, 9.17) is 26.8 Å². The monoisotopic (exact) mass is 225 g/mol. The molecule has 1 fully saturated rings. The highest BCUT2D eigenvalue weighted by Gasteiger charge is 2.39. The molecule has 0 spiro atoms. The maximum Gasteiger partial charge on any atom is 0.231 e. The highest BCUT2D eigenvalue weighted by atomic mass is 35.5. The molecule has 1 aromatic rings. The Morgan fingerprint density at radius 2 is 2.13 bits per heavy atom. The van der Waals surface area contributed by atoms with Gasteiger partial charge in [-0.05, 0) is 30.9 Å². The molecule has 4 heteroatoms. The summed E-state index contributed by atoms with van der Waals surface area (Å²) < 4.78 is 10.6. The van der Waals surface area contributed by atoms with Crippen molar-refractivity contribution in [1.29, 1.82) is 0 Å². The largest absolute Gasteiger partial charge is 0.454 e. The summed E-state index contributed by atoms with van der Waals surface area (Å²) in [5, 5.41) is 0.654. The Morgan fingerprint density at radius 3 is 2.87 bits per heavy atom. The van der Waals surface area contributed by atoms with Crippen molar-refractivity contribution in [3.05, 3.63) is 22.7 Å². The van der Waals surface area contributed by atoms with Gasteiger partial charge in [-0.15, -0.1) is 0 Å². The van der Waals surface area contributed by atoms with E-state index in [9.17, 15) is 0 Å². The highest BCUT2D eigenvalue weighted by Crippen LogP contribution is 2.44. The summed E-state index contributed by atoms with van der Waals surface area (Å²) in [6.07, 6.45) is 2.98. The maximum absolute atomic E-state index is 6.23. The molecule has 80 valence electrons. The summed E-state index contributed by atoms with van der Waals surface area (Å²) in [6.45, 7) is 0.256. The molecule has 1 aromatic carbocycles. The van der Waals surface area contributed by atoms with Crippen LogP contribution in [0.25, 0.3) is 0 Å². The molecule has 1 aliphatic carbocycles. The van der Waals surface area contributed by atoms with Crippen molar-refractivity contribution in [3.63, 3.8) is 0 Å². The van der Waals surface area contributed by atoms with Crippen LogP contribution < -0.4 is 15.2 Å². The van der Waals surface area contributed by atoms with Gasteiger partial charge in [0.15, 0.2) is 11.5 Å². The second-order valence-electron chi connectivity index (χ2n) is 4.31. The Bertz CT molecular complexity index is 415. The molecule has 0 radical (unpaired) electrons. The number of fused-ring (bicyclic) bond motifs is 1. The van der Waals surface area contributed by atoms with Crippen molar-refractivity contribution < 1.29 is 9.47 Å². The van der Waals surface area contributed by atoms with Crippen molar-refractivity contribution in [2.75, 3.05) is 6.79 Å². The molecule has 0 aromatic heterocycles. The van der Waals surface area contributed by atoms with E-state index >= 15 is 0 Å². The lowest BCUT2D eigenvalue weighted by Gasteiger charge is -2.11. The minimum atomic E-state index is -0.0304. The molecule has 2 N–H and O–H groups in total. The van der Waals surface area contributed by atoms with Crippen LogP contribution in [0.15, 0.2) is 12.1 Å². The second-order valence-corrected chi connectivity index (χ2v) is 4.69. The highest BCUT2D eigenvalue weighted by molar-refractivity contribution is 6.33. The Labute approximate surface area is 93.1 Å². The molecule has 1 heterocycles. The summed E-state index contributed by atoms with van der Waals surface area (Å²) in [5.41, 5.74) is 7.09. The number of nitrogens with two attached hydrogens (primary N) is 1. The predicted molar refractivity (Wildman–Crippen MR) is 57.4 cm³/mol. The Kier molecular flexibility index (Phi) is 1.88. The SMILES string of the molecule is NC1(Cc2ccc3c(c2Cl)OCO3)CC1. The van der Waals surface area contributed by atoms with Gasteiger partial charge in [0.1, 0.15) is 0 Å². The Morgan fingerprint density at radius 1 is 1.33 bits per heavy atom. The van der Waals surface area contributed by atoms with Gasteiger partial charge in [-0.1, -0.05) is 17.7 Å². The first kappa shape index (κ1) is 9.31. The van der Waals surface area contributed by atoms with Crippen LogP contribution in [0.2, 0.25) is 5.02 Å². The van der Waals surface area contributed by atoms with E-state index in [1.54, 1.807) is 0 Å². The molecule has 0 unspecified atom stereocenters. The number of hydrogen-bond acceptors (Lipinski definition) is 3. The standard InChI is InChI=1S/C11H12ClNO2/c12-9-7(5-11(13)3-4-11)1-2-8-10(9)15-6-14-8/h1-2H,3-6,13H2. The van der Waals surface area contributed by atoms with E-state index in [1.165, 1.54) is 0 Å². The minimum Gasteiger partial charge on any atom is -0.454 e. The van der Waals surface area contributed by atoms with Crippen molar-refractivity contribution in [2.45, 2.75) is 24.8 Å². The van der Waals surface area contributed by atoms with Gasteiger partial charge in [0.2, 0.25) is 6.79 Å². The fourth-order valence-corrected chi connectivity index (χ4v) is 2.11. The third-order valence-corrected chi connectivity index (χ3v) is 3.41. The summed E-state index contributed by atoms with van der Waals surface area (Å²) in [7, 11) is 0. The third kappa shape index (κ3) is 1.56. The smallest absolute Gasteiger partial charge is 0.231 e. The molecular formula is C11H12ClNO2. The van der Waals surface area contributed by atoms with E-state index in [-0.39, 0.29) is 12.3 Å². The molecule has 0 atom stereocenters. The molecule has 0 bridgehead atoms. The average molecular weight is 226 g/mol. The zero-order valence-corrected chi connectivity index (χ0v) is 9.01. The number of halogens is 1. The first-order valence-corrected chi connectivity index (χ1v) is 5.42. The molecule has 0 saturated heterocycles. The molecular weight excluding hydrogens is 214 g/mol. The van der Waals surface area contributed by atoms with Crippen LogP contribution in [0.1, 0.15) is 18.4 Å². The first-order valence-electron chi connectivity index (χ1n) is 5.04. The molecule has 1 saturated carbocycles. The lowest BCUT2D eigenvalue weighted by molar-refractivity contribution is 0.174. The summed E-state index contributed by atoms with van der Waals surface area (Å²) >= 11 is 6.23. The van der Waals surface area contributed by atoms with Crippen molar-refractivity contribution in [3.8, 4) is 11.5 Å². The fourth-order valence-electron chi connectivity index (χ4n) is 1.83. The van der Waals surface area contributed by atoms with Gasteiger partial charge in [0, 0.05) is 5.54 Å². The summed E-state index contributed by atoms with van der Waals surface area (Å²) in [6, 6.07) is 3.87. The average Bonchev–Trinajstić information content (AvgIpc) is 2.78. The number of benzene rings is 1. The predicted octanol–water partition coefficient (Wildman–Crippen LogP) is 2.10. The zero-order valence-electron chi connectivity index (χ0n) is 8.25. The third-order valence-electron chi connectivity index (χ3n) is 2.99. The van der Waals surface area contributed by atoms with Gasteiger partial charge >= 0.3 is 0 Å². The van der Waals surface area contributed by atoms with Crippen molar-refractivity contribution >= 4 is 11.6 Å². The zero-order chi connectivity index (χ0) is 10.5. The van der Waals surface area contributed by atoms with Gasteiger partial charge in [0.25, 0.3) is 0 Å². The van der Waals surface area contributed by atoms with Crippen LogP contribution in [0.5, 0.6) is 11.5 Å². The van der Waals surface area contributed by atoms with Crippen LogP contribution in [0, 0.1) is 0 Å². The van der Waals surface area contributed by atoms with Gasteiger partial charge in [-0.25, -0.2) is 0 Å². The number of hydrogen-bond donors (Lipinski definition) is 1. The molecule has 1 aliphatic heterocycles. The normalized spacial score (nSPS) is 20.4. The van der Waals surface area contributed by atoms with Gasteiger partial charge in [-0.3, -0.25) is 0 Å². The van der Waals surface area contributed by atoms with Gasteiger partial charge < -0.3 is 15.2 Å². The van der Waals surface area contributed by atoms with Crippen molar-refractivity contribution in [2.24, 2.45) is 5.73 Å². The second kappa shape index (κ2) is 3.03. The Hall–Kier alpha value is -0.930. The number of ether oxygens (including phenoxy) is 2. The van der Waals surface area contributed by atoms with Crippen LogP contribution in [0.3, 0.4) is 0 Å². The Balaban J connectivity index is 1.95. The van der Waals surface area contributed by atoms with E-state index in [0.717, 1.165) is 30.6 Å². The quantitative estimate of drug-likeness (QED) is 0.839. The van der Waals surface area contributed by atoms with E-state index in [2.05, 4.69) is 0 Å². The lowest BCUT2D eigenvalue weighted by atomic mass is 10.0. The lowest BCUT2D eigenvalue weighted by Crippen LogP contribution is -2.24. The van der Waals surface area contributed by atoms with E-state index < -0.39 is 0 Å². The van der Waals surface area contributed by atoms with Crippen LogP contribution in [-0.2, 0) is 6.42 Å². The molecule has 0 amide bonds. The molecule has 2 aliphatic rings. The summed E-state index contributed by atoms with van der Waals surface area (Å²) in [4.78, 5) is 0.